The lowest BCUT2D eigenvalue weighted by Crippen LogP contribution is -2.09. The van der Waals surface area contributed by atoms with Gasteiger partial charge in [0.2, 0.25) is 5.78 Å². The number of carbonyl (C=O) groups excluding carboxylic acids is 1. The van der Waals surface area contributed by atoms with Gasteiger partial charge in [-0.05, 0) is 6.07 Å². The number of carbonyl (C=O) groups is 1. The highest BCUT2D eigenvalue weighted by Gasteiger charge is 2.23. The van der Waals surface area contributed by atoms with Crippen molar-refractivity contribution in [3.05, 3.63) is 71.4 Å². The maximum atomic E-state index is 12.5. The smallest absolute Gasteiger partial charge is 0.214 e. The first-order chi connectivity index (χ1) is 9.74. The summed E-state index contributed by atoms with van der Waals surface area (Å²) in [7, 11) is 0. The minimum Gasteiger partial charge on any atom is -0.428 e. The van der Waals surface area contributed by atoms with Crippen LogP contribution in [0.15, 0.2) is 54.6 Å². The minimum absolute atomic E-state index is 0.0000926. The number of fused-ring (bicyclic) bond motifs is 1. The predicted octanol–water partition coefficient (Wildman–Crippen LogP) is 2.98. The summed E-state index contributed by atoms with van der Waals surface area (Å²) in [5.74, 6) is -0.374. The molecule has 0 saturated carbocycles. The van der Waals surface area contributed by atoms with E-state index in [9.17, 15) is 15.3 Å². The first kappa shape index (κ1) is 12.0. The van der Waals surface area contributed by atoms with Gasteiger partial charge < -0.3 is 5.21 Å². The number of para-hydroxylation sites is 1. The average Bonchev–Trinajstić information content (AvgIpc) is 2.80. The summed E-state index contributed by atoms with van der Waals surface area (Å²) in [5, 5.41) is 20.0. The highest BCUT2D eigenvalue weighted by molar-refractivity contribution is 6.13. The maximum absolute atomic E-state index is 12.5. The van der Waals surface area contributed by atoms with E-state index in [0.717, 1.165) is 4.73 Å². The molecule has 2 aromatic carbocycles. The van der Waals surface area contributed by atoms with Gasteiger partial charge in [0.15, 0.2) is 0 Å². The van der Waals surface area contributed by atoms with Crippen LogP contribution in [0.4, 0.5) is 0 Å². The molecule has 0 aliphatic rings. The largest absolute Gasteiger partial charge is 0.428 e. The Balaban J connectivity index is 2.30. The first-order valence-electron chi connectivity index (χ1n) is 6.06. The van der Waals surface area contributed by atoms with Crippen LogP contribution in [0.3, 0.4) is 0 Å². The highest BCUT2D eigenvalue weighted by Crippen LogP contribution is 2.26. The van der Waals surface area contributed by atoms with E-state index in [0.29, 0.717) is 16.5 Å². The number of nitrogens with zero attached hydrogens (tertiary/aromatic N) is 2. The summed E-state index contributed by atoms with van der Waals surface area (Å²) in [6.45, 7) is 0. The topological polar surface area (TPSA) is 66.0 Å². The summed E-state index contributed by atoms with van der Waals surface area (Å²) in [6, 6.07) is 17.5. The van der Waals surface area contributed by atoms with Crippen LogP contribution in [0.2, 0.25) is 0 Å². The Labute approximate surface area is 115 Å². The summed E-state index contributed by atoms with van der Waals surface area (Å²) < 4.78 is 0.795. The van der Waals surface area contributed by atoms with E-state index in [2.05, 4.69) is 0 Å². The standard InChI is InChI=1S/C16H10N2O2/c17-10-13-12-8-4-5-9-14(12)18(20)15(13)16(19)11-6-2-1-3-7-11/h1-9,20H. The number of nitriles is 1. The molecule has 1 aromatic heterocycles. The lowest BCUT2D eigenvalue weighted by atomic mass is 10.0. The average molecular weight is 262 g/mol. The molecule has 4 nitrogen and oxygen atoms in total. The lowest BCUT2D eigenvalue weighted by molar-refractivity contribution is 0.0991. The molecule has 1 N–H and O–H groups in total. The molecule has 0 spiro atoms. The molecule has 96 valence electrons. The quantitative estimate of drug-likeness (QED) is 0.570. The van der Waals surface area contributed by atoms with Gasteiger partial charge in [0.05, 0.1) is 11.1 Å². The Morgan fingerprint density at radius 3 is 2.40 bits per heavy atom. The Hall–Kier alpha value is -3.06. The van der Waals surface area contributed by atoms with E-state index >= 15 is 0 Å². The molecule has 4 heteroatoms. The molecule has 0 aliphatic carbocycles. The third-order valence-corrected chi connectivity index (χ3v) is 3.21. The number of rotatable bonds is 2. The maximum Gasteiger partial charge on any atom is 0.214 e. The molecular formula is C16H10N2O2. The molecular weight excluding hydrogens is 252 g/mol. The molecule has 0 amide bonds. The third kappa shape index (κ3) is 1.65. The van der Waals surface area contributed by atoms with Crippen LogP contribution >= 0.6 is 0 Å². The van der Waals surface area contributed by atoms with Gasteiger partial charge in [0.25, 0.3) is 0 Å². The van der Waals surface area contributed by atoms with Crippen LogP contribution in [-0.4, -0.2) is 15.7 Å². The van der Waals surface area contributed by atoms with Crippen LogP contribution in [0.25, 0.3) is 10.9 Å². The van der Waals surface area contributed by atoms with E-state index in [1.165, 1.54) is 0 Å². The van der Waals surface area contributed by atoms with Gasteiger partial charge in [0.1, 0.15) is 11.8 Å². The predicted molar refractivity (Wildman–Crippen MR) is 73.7 cm³/mol. The molecule has 0 bridgehead atoms. The van der Waals surface area contributed by atoms with Gasteiger partial charge >= 0.3 is 0 Å². The number of hydrogen-bond donors (Lipinski definition) is 1. The SMILES string of the molecule is N#Cc1c(C(=O)c2ccccc2)n(O)c2ccccc12. The van der Waals surface area contributed by atoms with Crippen molar-refractivity contribution in [1.82, 2.24) is 4.73 Å². The van der Waals surface area contributed by atoms with Crippen molar-refractivity contribution in [3.8, 4) is 6.07 Å². The number of hydrogen-bond acceptors (Lipinski definition) is 3. The fourth-order valence-corrected chi connectivity index (χ4v) is 2.27. The summed E-state index contributed by atoms with van der Waals surface area (Å²) in [5.41, 5.74) is 1.07. The summed E-state index contributed by atoms with van der Waals surface area (Å²) in [6.07, 6.45) is 0. The van der Waals surface area contributed by atoms with Gasteiger partial charge in [-0.25, -0.2) is 0 Å². The van der Waals surface area contributed by atoms with Gasteiger partial charge in [-0.15, -0.1) is 0 Å². The van der Waals surface area contributed by atoms with E-state index in [1.807, 2.05) is 6.07 Å². The zero-order valence-corrected chi connectivity index (χ0v) is 10.4. The number of aromatic nitrogens is 1. The fraction of sp³-hybridized carbons (Fsp3) is 0. The second-order valence-corrected chi connectivity index (χ2v) is 4.36. The molecule has 0 saturated heterocycles. The van der Waals surface area contributed by atoms with Crippen molar-refractivity contribution < 1.29 is 10.0 Å². The summed E-state index contributed by atoms with van der Waals surface area (Å²) in [4.78, 5) is 12.5. The van der Waals surface area contributed by atoms with E-state index in [-0.39, 0.29) is 17.0 Å². The van der Waals surface area contributed by atoms with Crippen molar-refractivity contribution in [2.24, 2.45) is 0 Å². The molecule has 0 unspecified atom stereocenters. The van der Waals surface area contributed by atoms with Crippen LogP contribution in [0.5, 0.6) is 0 Å². The van der Waals surface area contributed by atoms with Crippen molar-refractivity contribution in [2.45, 2.75) is 0 Å². The fourth-order valence-electron chi connectivity index (χ4n) is 2.27. The van der Waals surface area contributed by atoms with Crippen molar-refractivity contribution in [2.75, 3.05) is 0 Å². The second kappa shape index (κ2) is 4.56. The molecule has 0 fully saturated rings. The molecule has 0 radical (unpaired) electrons. The van der Waals surface area contributed by atoms with Crippen molar-refractivity contribution >= 4 is 16.7 Å². The number of ketones is 1. The van der Waals surface area contributed by atoms with E-state index < -0.39 is 0 Å². The lowest BCUT2D eigenvalue weighted by Gasteiger charge is -2.02. The van der Waals surface area contributed by atoms with Gasteiger partial charge in [-0.1, -0.05) is 48.5 Å². The molecule has 0 aliphatic heterocycles. The molecule has 1 heterocycles. The Kier molecular flexibility index (Phi) is 2.73. The van der Waals surface area contributed by atoms with Gasteiger partial charge in [0, 0.05) is 10.9 Å². The van der Waals surface area contributed by atoms with Gasteiger partial charge in [-0.3, -0.25) is 4.79 Å². The molecule has 3 rings (SSSR count). The highest BCUT2D eigenvalue weighted by atomic mass is 16.5. The minimum atomic E-state index is -0.374. The normalized spacial score (nSPS) is 10.3. The molecule has 20 heavy (non-hydrogen) atoms. The van der Waals surface area contributed by atoms with Crippen molar-refractivity contribution in [1.29, 1.82) is 5.26 Å². The Bertz CT molecular complexity index is 842. The Morgan fingerprint density at radius 2 is 1.70 bits per heavy atom. The van der Waals surface area contributed by atoms with Crippen LogP contribution in [-0.2, 0) is 0 Å². The Morgan fingerprint density at radius 1 is 1.05 bits per heavy atom. The van der Waals surface area contributed by atoms with Gasteiger partial charge in [-0.2, -0.15) is 9.99 Å². The second-order valence-electron chi connectivity index (χ2n) is 4.36. The zero-order chi connectivity index (χ0) is 14.1. The molecule has 0 atom stereocenters. The van der Waals surface area contributed by atoms with Crippen LogP contribution in [0.1, 0.15) is 21.6 Å². The number of benzene rings is 2. The third-order valence-electron chi connectivity index (χ3n) is 3.21. The monoisotopic (exact) mass is 262 g/mol. The van der Waals surface area contributed by atoms with E-state index in [4.69, 9.17) is 0 Å². The van der Waals surface area contributed by atoms with Crippen LogP contribution in [0, 0.1) is 11.3 Å². The molecule has 3 aromatic rings. The van der Waals surface area contributed by atoms with Crippen LogP contribution < -0.4 is 0 Å². The summed E-state index contributed by atoms with van der Waals surface area (Å²) >= 11 is 0. The van der Waals surface area contributed by atoms with E-state index in [1.54, 1.807) is 54.6 Å². The zero-order valence-electron chi connectivity index (χ0n) is 10.4. The van der Waals surface area contributed by atoms with Crippen molar-refractivity contribution in [3.63, 3.8) is 0 Å². The first-order valence-corrected chi connectivity index (χ1v) is 6.06.